The van der Waals surface area contributed by atoms with E-state index in [0.717, 1.165) is 5.56 Å². The van der Waals surface area contributed by atoms with Crippen LogP contribution in [0, 0.1) is 0 Å². The van der Waals surface area contributed by atoms with Gasteiger partial charge in [0.15, 0.2) is 0 Å². The highest BCUT2D eigenvalue weighted by molar-refractivity contribution is 5.91. The first-order valence-corrected chi connectivity index (χ1v) is 6.70. The molecule has 5 nitrogen and oxygen atoms in total. The maximum atomic E-state index is 11.0. The van der Waals surface area contributed by atoms with Gasteiger partial charge in [0.2, 0.25) is 0 Å². The Labute approximate surface area is 128 Å². The molecule has 0 aromatic heterocycles. The fourth-order valence-electron chi connectivity index (χ4n) is 1.86. The van der Waals surface area contributed by atoms with Crippen molar-refractivity contribution in [3.8, 4) is 11.5 Å². The first-order chi connectivity index (χ1) is 10.7. The van der Waals surface area contributed by atoms with E-state index in [-0.39, 0.29) is 0 Å². The number of carbonyl (C=O) groups is 1. The molecule has 0 saturated heterocycles. The second kappa shape index (κ2) is 7.85. The lowest BCUT2D eigenvalue weighted by Gasteiger charge is -2.10. The molecular formula is C17H17NO4. The molecular weight excluding hydrogens is 282 g/mol. The Morgan fingerprint density at radius 3 is 2.68 bits per heavy atom. The number of rotatable bonds is 6. The fraction of sp³-hybridized carbons (Fsp3) is 0.118. The Hall–Kier alpha value is -2.79. The molecule has 22 heavy (non-hydrogen) atoms. The van der Waals surface area contributed by atoms with Gasteiger partial charge in [0.1, 0.15) is 18.1 Å². The predicted molar refractivity (Wildman–Crippen MR) is 82.7 cm³/mol. The van der Waals surface area contributed by atoms with Gasteiger partial charge in [0.05, 0.1) is 7.11 Å². The Bertz CT molecular complexity index is 653. The van der Waals surface area contributed by atoms with Gasteiger partial charge >= 0.3 is 0 Å². The summed E-state index contributed by atoms with van der Waals surface area (Å²) in [6, 6.07) is 15.2. The second-order valence-electron chi connectivity index (χ2n) is 4.49. The Morgan fingerprint density at radius 2 is 2.00 bits per heavy atom. The van der Waals surface area contributed by atoms with E-state index in [1.54, 1.807) is 31.4 Å². The average Bonchev–Trinajstić information content (AvgIpc) is 2.58. The highest BCUT2D eigenvalue weighted by Gasteiger charge is 2.04. The second-order valence-corrected chi connectivity index (χ2v) is 4.49. The van der Waals surface area contributed by atoms with Crippen molar-refractivity contribution in [2.24, 2.45) is 0 Å². The monoisotopic (exact) mass is 299 g/mol. The molecule has 0 aliphatic carbocycles. The van der Waals surface area contributed by atoms with E-state index in [1.807, 2.05) is 30.3 Å². The van der Waals surface area contributed by atoms with Gasteiger partial charge in [-0.05, 0) is 23.8 Å². The van der Waals surface area contributed by atoms with Crippen molar-refractivity contribution in [1.82, 2.24) is 5.48 Å². The Morgan fingerprint density at radius 1 is 1.23 bits per heavy atom. The van der Waals surface area contributed by atoms with E-state index in [4.69, 9.17) is 14.7 Å². The average molecular weight is 299 g/mol. The number of ether oxygens (including phenoxy) is 2. The standard InChI is InChI=1S/C17H17NO4/c1-21-16-11-15(22-12-13-5-3-2-4-6-13)9-7-14(16)8-10-17(19)18-20/h2-11,20H,12H2,1H3,(H,18,19)/b10-8+. The number of hydrogen-bond donors (Lipinski definition) is 2. The zero-order valence-electron chi connectivity index (χ0n) is 12.2. The smallest absolute Gasteiger partial charge is 0.267 e. The summed E-state index contributed by atoms with van der Waals surface area (Å²) in [6.45, 7) is 0.464. The highest BCUT2D eigenvalue weighted by atomic mass is 16.5. The van der Waals surface area contributed by atoms with Crippen LogP contribution < -0.4 is 15.0 Å². The molecule has 0 aliphatic heterocycles. The first kappa shape index (κ1) is 15.6. The summed E-state index contributed by atoms with van der Waals surface area (Å²) in [7, 11) is 1.54. The van der Waals surface area contributed by atoms with Crippen molar-refractivity contribution >= 4 is 12.0 Å². The van der Waals surface area contributed by atoms with Gasteiger partial charge < -0.3 is 9.47 Å². The zero-order valence-corrected chi connectivity index (χ0v) is 12.2. The van der Waals surface area contributed by atoms with Gasteiger partial charge in [0, 0.05) is 17.7 Å². The third-order valence-electron chi connectivity index (χ3n) is 2.98. The molecule has 0 fully saturated rings. The van der Waals surface area contributed by atoms with Crippen LogP contribution in [0.15, 0.2) is 54.6 Å². The van der Waals surface area contributed by atoms with Gasteiger partial charge in [-0.25, -0.2) is 5.48 Å². The molecule has 1 amide bonds. The molecule has 0 heterocycles. The van der Waals surface area contributed by atoms with E-state index in [0.29, 0.717) is 23.7 Å². The summed E-state index contributed by atoms with van der Waals surface area (Å²) in [4.78, 5) is 11.0. The maximum absolute atomic E-state index is 11.0. The Balaban J connectivity index is 2.08. The molecule has 2 N–H and O–H groups in total. The summed E-state index contributed by atoms with van der Waals surface area (Å²) >= 11 is 0. The molecule has 0 saturated carbocycles. The number of hydrogen-bond acceptors (Lipinski definition) is 4. The summed E-state index contributed by atoms with van der Waals surface area (Å²) < 4.78 is 11.0. The first-order valence-electron chi connectivity index (χ1n) is 6.70. The predicted octanol–water partition coefficient (Wildman–Crippen LogP) is 2.79. The number of nitrogens with one attached hydrogen (secondary N) is 1. The summed E-state index contributed by atoms with van der Waals surface area (Å²) in [5, 5.41) is 8.46. The van der Waals surface area contributed by atoms with Crippen molar-refractivity contribution in [3.63, 3.8) is 0 Å². The van der Waals surface area contributed by atoms with Crippen molar-refractivity contribution in [2.45, 2.75) is 6.61 Å². The summed E-state index contributed by atoms with van der Waals surface area (Å²) in [5.41, 5.74) is 3.31. The van der Waals surface area contributed by atoms with Crippen LogP contribution in [0.3, 0.4) is 0 Å². The third-order valence-corrected chi connectivity index (χ3v) is 2.98. The largest absolute Gasteiger partial charge is 0.496 e. The molecule has 2 rings (SSSR count). The number of carbonyl (C=O) groups excluding carboxylic acids is 1. The van der Waals surface area contributed by atoms with Gasteiger partial charge in [0.25, 0.3) is 5.91 Å². The quantitative estimate of drug-likeness (QED) is 0.489. The number of benzene rings is 2. The zero-order chi connectivity index (χ0) is 15.8. The minimum atomic E-state index is -0.605. The summed E-state index contributed by atoms with van der Waals surface area (Å²) in [5.74, 6) is 0.642. The number of hydroxylamine groups is 1. The molecule has 2 aromatic carbocycles. The molecule has 0 aliphatic rings. The van der Waals surface area contributed by atoms with E-state index < -0.39 is 5.91 Å². The third kappa shape index (κ3) is 4.36. The molecule has 0 unspecified atom stereocenters. The number of amides is 1. The lowest BCUT2D eigenvalue weighted by atomic mass is 10.1. The molecule has 114 valence electrons. The lowest BCUT2D eigenvalue weighted by molar-refractivity contribution is -0.124. The lowest BCUT2D eigenvalue weighted by Crippen LogP contribution is -2.14. The van der Waals surface area contributed by atoms with Gasteiger partial charge in [-0.1, -0.05) is 30.3 Å². The Kier molecular flexibility index (Phi) is 5.57. The van der Waals surface area contributed by atoms with Crippen LogP contribution in [0.4, 0.5) is 0 Å². The molecule has 2 aromatic rings. The van der Waals surface area contributed by atoms with Crippen LogP contribution in [0.2, 0.25) is 0 Å². The van der Waals surface area contributed by atoms with Crippen molar-refractivity contribution in [2.75, 3.05) is 7.11 Å². The van der Waals surface area contributed by atoms with Crippen LogP contribution in [-0.2, 0) is 11.4 Å². The van der Waals surface area contributed by atoms with E-state index in [9.17, 15) is 4.79 Å². The highest BCUT2D eigenvalue weighted by Crippen LogP contribution is 2.26. The molecule has 5 heteroatoms. The topological polar surface area (TPSA) is 67.8 Å². The SMILES string of the molecule is COc1cc(OCc2ccccc2)ccc1/C=C/C(=O)NO. The van der Waals surface area contributed by atoms with Crippen molar-refractivity contribution in [1.29, 1.82) is 0 Å². The van der Waals surface area contributed by atoms with Gasteiger partial charge in [-0.15, -0.1) is 0 Å². The minimum absolute atomic E-state index is 0.464. The van der Waals surface area contributed by atoms with Gasteiger partial charge in [-0.2, -0.15) is 0 Å². The maximum Gasteiger partial charge on any atom is 0.267 e. The van der Waals surface area contributed by atoms with Crippen molar-refractivity contribution in [3.05, 3.63) is 65.7 Å². The van der Waals surface area contributed by atoms with Crippen LogP contribution in [0.25, 0.3) is 6.08 Å². The van der Waals surface area contributed by atoms with E-state index in [2.05, 4.69) is 0 Å². The molecule has 0 spiro atoms. The molecule has 0 atom stereocenters. The van der Waals surface area contributed by atoms with E-state index >= 15 is 0 Å². The van der Waals surface area contributed by atoms with Crippen LogP contribution in [0.1, 0.15) is 11.1 Å². The van der Waals surface area contributed by atoms with Crippen LogP contribution in [0.5, 0.6) is 11.5 Å². The normalized spacial score (nSPS) is 10.5. The molecule has 0 bridgehead atoms. The molecule has 0 radical (unpaired) electrons. The van der Waals surface area contributed by atoms with Crippen molar-refractivity contribution < 1.29 is 19.5 Å². The fourth-order valence-corrected chi connectivity index (χ4v) is 1.86. The van der Waals surface area contributed by atoms with E-state index in [1.165, 1.54) is 11.6 Å². The van der Waals surface area contributed by atoms with Gasteiger partial charge in [-0.3, -0.25) is 10.0 Å². The van der Waals surface area contributed by atoms with Crippen LogP contribution >= 0.6 is 0 Å². The number of methoxy groups -OCH3 is 1. The minimum Gasteiger partial charge on any atom is -0.496 e. The summed E-state index contributed by atoms with van der Waals surface area (Å²) in [6.07, 6.45) is 2.76. The van der Waals surface area contributed by atoms with Crippen LogP contribution in [-0.4, -0.2) is 18.2 Å².